The highest BCUT2D eigenvalue weighted by Gasteiger charge is 2.21. The Labute approximate surface area is 135 Å². The van der Waals surface area contributed by atoms with Crippen LogP contribution in [0.3, 0.4) is 0 Å². The van der Waals surface area contributed by atoms with E-state index in [-0.39, 0.29) is 29.0 Å². The molecule has 2 rings (SSSR count). The standard InChI is InChI=1S/C18H21N3O2/c1-5-12-9-11(3)10-13(6-2)15(12)16-17(22)14(7-8-19)20-21(4)18(16)23/h9-10,22H,5-7H2,1-4H3. The summed E-state index contributed by atoms with van der Waals surface area (Å²) in [5, 5.41) is 23.5. The lowest BCUT2D eigenvalue weighted by molar-refractivity contribution is 0.458. The monoisotopic (exact) mass is 311 g/mol. The largest absolute Gasteiger partial charge is 0.505 e. The molecular weight excluding hydrogens is 290 g/mol. The van der Waals surface area contributed by atoms with Crippen LogP contribution in [-0.4, -0.2) is 14.9 Å². The molecule has 0 aliphatic heterocycles. The van der Waals surface area contributed by atoms with Crippen molar-refractivity contribution in [2.75, 3.05) is 0 Å². The van der Waals surface area contributed by atoms with Crippen molar-refractivity contribution >= 4 is 0 Å². The molecule has 120 valence electrons. The second-order valence-electron chi connectivity index (χ2n) is 5.60. The summed E-state index contributed by atoms with van der Waals surface area (Å²) < 4.78 is 1.19. The van der Waals surface area contributed by atoms with Crippen molar-refractivity contribution in [3.05, 3.63) is 44.9 Å². The van der Waals surface area contributed by atoms with E-state index in [0.717, 1.165) is 35.1 Å². The fraction of sp³-hybridized carbons (Fsp3) is 0.389. The second-order valence-corrected chi connectivity index (χ2v) is 5.60. The summed E-state index contributed by atoms with van der Waals surface area (Å²) >= 11 is 0. The lowest BCUT2D eigenvalue weighted by Crippen LogP contribution is -2.24. The molecule has 0 fully saturated rings. The van der Waals surface area contributed by atoms with E-state index < -0.39 is 0 Å². The van der Waals surface area contributed by atoms with Gasteiger partial charge in [0, 0.05) is 7.05 Å². The van der Waals surface area contributed by atoms with E-state index in [1.54, 1.807) is 0 Å². The third kappa shape index (κ3) is 2.98. The van der Waals surface area contributed by atoms with Crippen LogP contribution >= 0.6 is 0 Å². The van der Waals surface area contributed by atoms with Crippen LogP contribution in [0.15, 0.2) is 16.9 Å². The summed E-state index contributed by atoms with van der Waals surface area (Å²) in [5.74, 6) is -0.178. The molecule has 0 atom stereocenters. The number of nitriles is 1. The van der Waals surface area contributed by atoms with E-state index in [9.17, 15) is 9.90 Å². The van der Waals surface area contributed by atoms with Gasteiger partial charge in [-0.15, -0.1) is 0 Å². The Morgan fingerprint density at radius 3 is 2.26 bits per heavy atom. The smallest absolute Gasteiger partial charge is 0.278 e. The first kappa shape index (κ1) is 16.8. The quantitative estimate of drug-likeness (QED) is 0.941. The Hall–Kier alpha value is -2.61. The number of hydrogen-bond acceptors (Lipinski definition) is 4. The number of aromatic nitrogens is 2. The molecule has 1 aromatic carbocycles. The molecule has 0 amide bonds. The second kappa shape index (κ2) is 6.66. The van der Waals surface area contributed by atoms with Gasteiger partial charge in [-0.1, -0.05) is 31.5 Å². The van der Waals surface area contributed by atoms with Crippen LogP contribution in [0, 0.1) is 18.3 Å². The maximum Gasteiger partial charge on any atom is 0.278 e. The predicted molar refractivity (Wildman–Crippen MR) is 89.4 cm³/mol. The molecular formula is C18H21N3O2. The van der Waals surface area contributed by atoms with Crippen molar-refractivity contribution in [1.29, 1.82) is 5.26 Å². The van der Waals surface area contributed by atoms with Crippen LogP contribution in [0.4, 0.5) is 0 Å². The summed E-state index contributed by atoms with van der Waals surface area (Å²) in [5.41, 5.74) is 4.07. The molecule has 0 spiro atoms. The molecule has 1 N–H and O–H groups in total. The highest BCUT2D eigenvalue weighted by atomic mass is 16.3. The Morgan fingerprint density at radius 2 is 1.78 bits per heavy atom. The van der Waals surface area contributed by atoms with Gasteiger partial charge < -0.3 is 5.11 Å². The molecule has 5 nitrogen and oxygen atoms in total. The van der Waals surface area contributed by atoms with E-state index in [1.165, 1.54) is 11.7 Å². The van der Waals surface area contributed by atoms with Crippen LogP contribution in [0.1, 0.15) is 36.2 Å². The maximum atomic E-state index is 12.6. The number of nitrogens with zero attached hydrogens (tertiary/aromatic N) is 3. The molecule has 23 heavy (non-hydrogen) atoms. The summed E-state index contributed by atoms with van der Waals surface area (Å²) in [4.78, 5) is 12.6. The Kier molecular flexibility index (Phi) is 4.85. The van der Waals surface area contributed by atoms with Crippen molar-refractivity contribution in [2.45, 2.75) is 40.0 Å². The van der Waals surface area contributed by atoms with Gasteiger partial charge in [-0.3, -0.25) is 4.79 Å². The summed E-state index contributed by atoms with van der Waals surface area (Å²) in [6.45, 7) is 6.07. The first-order valence-corrected chi connectivity index (χ1v) is 7.73. The van der Waals surface area contributed by atoms with Gasteiger partial charge in [0.15, 0.2) is 5.75 Å². The van der Waals surface area contributed by atoms with Gasteiger partial charge in [0.05, 0.1) is 18.1 Å². The third-order valence-electron chi connectivity index (χ3n) is 3.99. The first-order chi connectivity index (χ1) is 10.9. The van der Waals surface area contributed by atoms with E-state index >= 15 is 0 Å². The molecule has 0 bridgehead atoms. The molecule has 2 aromatic rings. The predicted octanol–water partition coefficient (Wildman–Crippen LogP) is 2.65. The van der Waals surface area contributed by atoms with Crippen molar-refractivity contribution in [2.24, 2.45) is 7.05 Å². The minimum absolute atomic E-state index is 0.0399. The summed E-state index contributed by atoms with van der Waals surface area (Å²) in [7, 11) is 1.54. The van der Waals surface area contributed by atoms with Gasteiger partial charge >= 0.3 is 0 Å². The van der Waals surface area contributed by atoms with Crippen LogP contribution in [0.2, 0.25) is 0 Å². The molecule has 0 aliphatic rings. The van der Waals surface area contributed by atoms with Crippen LogP contribution in [-0.2, 0) is 26.3 Å². The molecule has 0 radical (unpaired) electrons. The number of aromatic hydroxyl groups is 1. The average molecular weight is 311 g/mol. The highest BCUT2D eigenvalue weighted by Crippen LogP contribution is 2.34. The Balaban J connectivity index is 2.92. The van der Waals surface area contributed by atoms with E-state index in [1.807, 2.05) is 39.0 Å². The van der Waals surface area contributed by atoms with Crippen molar-refractivity contribution < 1.29 is 5.11 Å². The molecule has 1 aromatic heterocycles. The Morgan fingerprint density at radius 1 is 1.22 bits per heavy atom. The van der Waals surface area contributed by atoms with Crippen LogP contribution < -0.4 is 5.56 Å². The van der Waals surface area contributed by atoms with E-state index in [0.29, 0.717) is 0 Å². The van der Waals surface area contributed by atoms with Gasteiger partial charge in [-0.05, 0) is 36.5 Å². The number of benzene rings is 1. The first-order valence-electron chi connectivity index (χ1n) is 7.73. The van der Waals surface area contributed by atoms with E-state index in [4.69, 9.17) is 5.26 Å². The molecule has 0 unspecified atom stereocenters. The van der Waals surface area contributed by atoms with Gasteiger partial charge in [-0.2, -0.15) is 10.4 Å². The Bertz CT molecular complexity index is 820. The minimum Gasteiger partial charge on any atom is -0.505 e. The normalized spacial score (nSPS) is 10.6. The molecule has 5 heteroatoms. The highest BCUT2D eigenvalue weighted by molar-refractivity contribution is 5.76. The van der Waals surface area contributed by atoms with Crippen LogP contribution in [0.25, 0.3) is 11.1 Å². The molecule has 1 heterocycles. The van der Waals surface area contributed by atoms with Gasteiger partial charge in [0.1, 0.15) is 5.69 Å². The SMILES string of the molecule is CCc1cc(C)cc(CC)c1-c1c(O)c(CC#N)nn(C)c1=O. The molecule has 0 aliphatic carbocycles. The fourth-order valence-electron chi connectivity index (χ4n) is 2.92. The lowest BCUT2D eigenvalue weighted by atomic mass is 9.90. The van der Waals surface area contributed by atoms with Crippen molar-refractivity contribution in [3.63, 3.8) is 0 Å². The summed E-state index contributed by atoms with van der Waals surface area (Å²) in [6, 6.07) is 6.06. The zero-order chi connectivity index (χ0) is 17.1. The topological polar surface area (TPSA) is 78.9 Å². The number of hydrogen-bond donors (Lipinski definition) is 1. The fourth-order valence-corrected chi connectivity index (χ4v) is 2.92. The number of rotatable bonds is 4. The lowest BCUT2D eigenvalue weighted by Gasteiger charge is -2.17. The van der Waals surface area contributed by atoms with E-state index in [2.05, 4.69) is 5.10 Å². The van der Waals surface area contributed by atoms with Crippen molar-refractivity contribution in [3.8, 4) is 22.9 Å². The molecule has 0 saturated carbocycles. The van der Waals surface area contributed by atoms with Gasteiger partial charge in [0.2, 0.25) is 0 Å². The summed E-state index contributed by atoms with van der Waals surface area (Å²) in [6.07, 6.45) is 1.47. The van der Waals surface area contributed by atoms with Gasteiger partial charge in [-0.25, -0.2) is 4.68 Å². The van der Waals surface area contributed by atoms with Crippen LogP contribution in [0.5, 0.6) is 5.75 Å². The number of aryl methyl sites for hydroxylation is 4. The minimum atomic E-state index is -0.350. The average Bonchev–Trinajstić information content (AvgIpc) is 2.53. The van der Waals surface area contributed by atoms with Gasteiger partial charge in [0.25, 0.3) is 5.56 Å². The maximum absolute atomic E-state index is 12.6. The zero-order valence-corrected chi connectivity index (χ0v) is 14.0. The van der Waals surface area contributed by atoms with Crippen molar-refractivity contribution in [1.82, 2.24) is 9.78 Å². The zero-order valence-electron chi connectivity index (χ0n) is 14.0. The third-order valence-corrected chi connectivity index (χ3v) is 3.99. The molecule has 0 saturated heterocycles.